The summed E-state index contributed by atoms with van der Waals surface area (Å²) in [6.07, 6.45) is 2.67. The summed E-state index contributed by atoms with van der Waals surface area (Å²) in [5.41, 5.74) is 0. The van der Waals surface area contributed by atoms with Crippen molar-refractivity contribution in [3.8, 4) is 0 Å². The Morgan fingerprint density at radius 1 is 1.06 bits per heavy atom. The van der Waals surface area contributed by atoms with Crippen molar-refractivity contribution < 1.29 is 13.3 Å². The van der Waals surface area contributed by atoms with Gasteiger partial charge in [0.05, 0.1) is 0 Å². The Hall–Kier alpha value is -0.363. The molecule has 0 aromatic rings. The lowest BCUT2D eigenvalue weighted by Gasteiger charge is -2.28. The Balaban J connectivity index is 4.17. The molecule has 0 aromatic heterocycles. The maximum absolute atomic E-state index is 5.73. The summed E-state index contributed by atoms with van der Waals surface area (Å²) in [4.78, 5) is 0. The number of hydrogen-bond donors (Lipinski definition) is 1. The van der Waals surface area contributed by atoms with Crippen LogP contribution >= 0.6 is 0 Å². The number of rotatable bonds is 11. The maximum atomic E-state index is 5.73. The van der Waals surface area contributed by atoms with Gasteiger partial charge in [0, 0.05) is 32.4 Å². The normalized spacial score (nSPS) is 11.4. The summed E-state index contributed by atoms with van der Waals surface area (Å²) in [7, 11) is -2.42. The topological polar surface area (TPSA) is 39.7 Å². The monoisotopic (exact) mass is 247 g/mol. The van der Waals surface area contributed by atoms with Crippen LogP contribution in [0.2, 0.25) is 6.04 Å². The van der Waals surface area contributed by atoms with Crippen molar-refractivity contribution in [3.05, 3.63) is 12.8 Å². The van der Waals surface area contributed by atoms with Gasteiger partial charge in [-0.3, -0.25) is 0 Å². The van der Waals surface area contributed by atoms with Crippen LogP contribution in [0.1, 0.15) is 27.2 Å². The maximum Gasteiger partial charge on any atom is 0.500 e. The molecular weight excluding hydrogens is 222 g/mol. The molecule has 1 N–H and O–H groups in total. The van der Waals surface area contributed by atoms with Crippen molar-refractivity contribution in [1.82, 2.24) is 5.32 Å². The molecule has 0 unspecified atom stereocenters. The number of hydrogen-bond acceptors (Lipinski definition) is 4. The summed E-state index contributed by atoms with van der Waals surface area (Å²) in [6, 6.07) is 0.851. The van der Waals surface area contributed by atoms with E-state index in [1.54, 1.807) is 6.20 Å². The first-order chi connectivity index (χ1) is 7.74. The molecule has 4 nitrogen and oxygen atoms in total. The van der Waals surface area contributed by atoms with E-state index in [4.69, 9.17) is 13.3 Å². The highest BCUT2D eigenvalue weighted by atomic mass is 28.4. The van der Waals surface area contributed by atoms with Crippen LogP contribution in [0.5, 0.6) is 0 Å². The molecule has 0 spiro atoms. The Morgan fingerprint density at radius 3 is 1.94 bits per heavy atom. The molecule has 0 bridgehead atoms. The fourth-order valence-electron chi connectivity index (χ4n) is 1.51. The quantitative estimate of drug-likeness (QED) is 0.449. The van der Waals surface area contributed by atoms with E-state index in [-0.39, 0.29) is 0 Å². The van der Waals surface area contributed by atoms with Crippen molar-refractivity contribution in [1.29, 1.82) is 0 Å². The lowest BCUT2D eigenvalue weighted by Crippen LogP contribution is -2.46. The van der Waals surface area contributed by atoms with Gasteiger partial charge in [-0.2, -0.15) is 0 Å². The SMILES string of the molecule is C=CNCCC[Si](OCC)(OCC)OCC. The zero-order valence-corrected chi connectivity index (χ0v) is 11.8. The molecule has 0 saturated heterocycles. The van der Waals surface area contributed by atoms with Gasteiger partial charge in [0.25, 0.3) is 0 Å². The van der Waals surface area contributed by atoms with E-state index in [9.17, 15) is 0 Å². The van der Waals surface area contributed by atoms with E-state index >= 15 is 0 Å². The fraction of sp³-hybridized carbons (Fsp3) is 0.818. The van der Waals surface area contributed by atoms with Crippen LogP contribution < -0.4 is 5.32 Å². The van der Waals surface area contributed by atoms with Gasteiger partial charge in [0.15, 0.2) is 0 Å². The highest BCUT2D eigenvalue weighted by molar-refractivity contribution is 6.60. The molecule has 5 heteroatoms. The van der Waals surface area contributed by atoms with Gasteiger partial charge in [-0.15, -0.1) is 0 Å². The molecule has 0 aliphatic rings. The van der Waals surface area contributed by atoms with Crippen LogP contribution in [0.4, 0.5) is 0 Å². The van der Waals surface area contributed by atoms with Crippen LogP contribution in [-0.4, -0.2) is 35.2 Å². The molecule has 0 rings (SSSR count). The zero-order chi connectivity index (χ0) is 12.3. The largest absolute Gasteiger partial charge is 0.500 e. The van der Waals surface area contributed by atoms with Crippen LogP contribution in [0.25, 0.3) is 0 Å². The van der Waals surface area contributed by atoms with Crippen LogP contribution in [-0.2, 0) is 13.3 Å². The van der Waals surface area contributed by atoms with E-state index in [1.165, 1.54) is 0 Å². The summed E-state index contributed by atoms with van der Waals surface area (Å²) >= 11 is 0. The minimum atomic E-state index is -2.42. The smallest absolute Gasteiger partial charge is 0.391 e. The molecule has 16 heavy (non-hydrogen) atoms. The molecule has 0 saturated carbocycles. The summed E-state index contributed by atoms with van der Waals surface area (Å²) in [6.45, 7) is 12.3. The highest BCUT2D eigenvalue weighted by Crippen LogP contribution is 2.17. The second kappa shape index (κ2) is 9.83. The molecule has 0 amide bonds. The van der Waals surface area contributed by atoms with Crippen LogP contribution in [0, 0.1) is 0 Å². The van der Waals surface area contributed by atoms with E-state index in [0.29, 0.717) is 19.8 Å². The number of nitrogens with one attached hydrogen (secondary N) is 1. The van der Waals surface area contributed by atoms with Gasteiger partial charge >= 0.3 is 8.80 Å². The van der Waals surface area contributed by atoms with Gasteiger partial charge in [0.2, 0.25) is 0 Å². The molecule has 0 aliphatic carbocycles. The van der Waals surface area contributed by atoms with E-state index in [2.05, 4.69) is 11.9 Å². The molecular formula is C11H25NO3Si. The van der Waals surface area contributed by atoms with E-state index in [0.717, 1.165) is 19.0 Å². The first kappa shape index (κ1) is 15.6. The summed E-state index contributed by atoms with van der Waals surface area (Å²) < 4.78 is 17.2. The van der Waals surface area contributed by atoms with Crippen molar-refractivity contribution in [2.24, 2.45) is 0 Å². The molecule has 0 aromatic carbocycles. The average molecular weight is 247 g/mol. The average Bonchev–Trinajstić information content (AvgIpc) is 2.26. The Bertz CT molecular complexity index is 162. The van der Waals surface area contributed by atoms with Crippen LogP contribution in [0.15, 0.2) is 12.8 Å². The minimum Gasteiger partial charge on any atom is -0.391 e. The fourth-order valence-corrected chi connectivity index (χ4v) is 4.12. The van der Waals surface area contributed by atoms with E-state index in [1.807, 2.05) is 20.8 Å². The van der Waals surface area contributed by atoms with Gasteiger partial charge in [-0.05, 0) is 33.4 Å². The standard InChI is InChI=1S/C11H25NO3Si/c1-5-12-10-9-11-16(13-6-2,14-7-3)15-8-4/h5,12H,1,6-11H2,2-4H3. The Kier molecular flexibility index (Phi) is 9.61. The van der Waals surface area contributed by atoms with Gasteiger partial charge < -0.3 is 18.6 Å². The third-order valence-corrected chi connectivity index (χ3v) is 5.19. The predicted octanol–water partition coefficient (Wildman–Crippen LogP) is 2.16. The second-order valence-corrected chi connectivity index (χ2v) is 5.98. The highest BCUT2D eigenvalue weighted by Gasteiger charge is 2.39. The van der Waals surface area contributed by atoms with Gasteiger partial charge in [-0.25, -0.2) is 0 Å². The molecule has 0 fully saturated rings. The van der Waals surface area contributed by atoms with Crippen molar-refractivity contribution >= 4 is 8.80 Å². The predicted molar refractivity (Wildman–Crippen MR) is 68.3 cm³/mol. The third-order valence-electron chi connectivity index (χ3n) is 2.04. The van der Waals surface area contributed by atoms with Gasteiger partial charge in [0.1, 0.15) is 0 Å². The summed E-state index contributed by atoms with van der Waals surface area (Å²) in [5.74, 6) is 0. The lowest BCUT2D eigenvalue weighted by atomic mass is 10.5. The first-order valence-corrected chi connectivity index (χ1v) is 7.94. The third kappa shape index (κ3) is 6.27. The van der Waals surface area contributed by atoms with Crippen molar-refractivity contribution in [2.45, 2.75) is 33.2 Å². The van der Waals surface area contributed by atoms with E-state index < -0.39 is 8.80 Å². The first-order valence-electron chi connectivity index (χ1n) is 6.00. The second-order valence-electron chi connectivity index (χ2n) is 3.24. The summed E-state index contributed by atoms with van der Waals surface area (Å²) in [5, 5.41) is 3.07. The van der Waals surface area contributed by atoms with Crippen molar-refractivity contribution in [3.63, 3.8) is 0 Å². The Morgan fingerprint density at radius 2 is 1.56 bits per heavy atom. The molecule has 0 heterocycles. The Labute approximate surface area is 100 Å². The van der Waals surface area contributed by atoms with Gasteiger partial charge in [-0.1, -0.05) is 6.58 Å². The zero-order valence-electron chi connectivity index (χ0n) is 10.8. The molecule has 96 valence electrons. The molecule has 0 aliphatic heterocycles. The minimum absolute atomic E-state index is 0.640. The van der Waals surface area contributed by atoms with Crippen LogP contribution in [0.3, 0.4) is 0 Å². The van der Waals surface area contributed by atoms with Crippen molar-refractivity contribution in [2.75, 3.05) is 26.4 Å². The lowest BCUT2D eigenvalue weighted by molar-refractivity contribution is 0.0709. The molecule has 0 radical (unpaired) electrons. The molecule has 0 atom stereocenters.